The van der Waals surface area contributed by atoms with E-state index in [4.69, 9.17) is 4.74 Å². The van der Waals surface area contributed by atoms with Crippen molar-refractivity contribution >= 4 is 0 Å². The molecule has 2 rings (SSSR count). The molecule has 0 fully saturated rings. The maximum absolute atomic E-state index is 13.4. The first-order valence-electron chi connectivity index (χ1n) is 5.79. The van der Waals surface area contributed by atoms with Crippen molar-refractivity contribution in [3.63, 3.8) is 0 Å². The number of aryl methyl sites for hydroxylation is 1. The summed E-state index contributed by atoms with van der Waals surface area (Å²) in [5.41, 5.74) is 1.39. The lowest BCUT2D eigenvalue weighted by molar-refractivity contribution is 0.105. The Morgan fingerprint density at radius 2 is 1.78 bits per heavy atom. The van der Waals surface area contributed by atoms with Gasteiger partial charge in [-0.05, 0) is 25.1 Å². The molecule has 1 N–H and O–H groups in total. The van der Waals surface area contributed by atoms with E-state index in [1.165, 1.54) is 6.07 Å². The number of rotatable bonds is 4. The van der Waals surface area contributed by atoms with E-state index in [1.807, 2.05) is 31.2 Å². The lowest BCUT2D eigenvalue weighted by atomic mass is 10.1. The molecule has 0 aliphatic heterocycles. The number of hydrogen-bond acceptors (Lipinski definition) is 2. The standard InChI is InChI=1S/C15H15FO2/c1-11-6-8-12(9-7-11)18-10-15(17)13-4-2-3-5-14(13)16/h2-9,15,17H,10H2,1H3. The SMILES string of the molecule is Cc1ccc(OCC(O)c2ccccc2F)cc1. The lowest BCUT2D eigenvalue weighted by Gasteiger charge is -2.13. The summed E-state index contributed by atoms with van der Waals surface area (Å²) < 4.78 is 18.8. The number of hydrogen-bond donors (Lipinski definition) is 1. The van der Waals surface area contributed by atoms with Crippen molar-refractivity contribution in [3.8, 4) is 5.75 Å². The molecule has 0 heterocycles. The Morgan fingerprint density at radius 1 is 1.11 bits per heavy atom. The molecule has 0 radical (unpaired) electrons. The highest BCUT2D eigenvalue weighted by Crippen LogP contribution is 2.19. The summed E-state index contributed by atoms with van der Waals surface area (Å²) in [6.45, 7) is 2.02. The Labute approximate surface area is 106 Å². The third-order valence-electron chi connectivity index (χ3n) is 2.69. The maximum atomic E-state index is 13.4. The van der Waals surface area contributed by atoms with Gasteiger partial charge in [0.25, 0.3) is 0 Å². The van der Waals surface area contributed by atoms with Crippen molar-refractivity contribution in [2.24, 2.45) is 0 Å². The Bertz CT molecular complexity index is 508. The highest BCUT2D eigenvalue weighted by molar-refractivity contribution is 5.26. The smallest absolute Gasteiger partial charge is 0.129 e. The molecule has 2 nitrogen and oxygen atoms in total. The van der Waals surface area contributed by atoms with Gasteiger partial charge in [-0.15, -0.1) is 0 Å². The van der Waals surface area contributed by atoms with Gasteiger partial charge < -0.3 is 9.84 Å². The van der Waals surface area contributed by atoms with Gasteiger partial charge in [-0.2, -0.15) is 0 Å². The predicted octanol–water partition coefficient (Wildman–Crippen LogP) is 3.25. The molecule has 0 saturated heterocycles. The van der Waals surface area contributed by atoms with E-state index in [1.54, 1.807) is 18.2 Å². The van der Waals surface area contributed by atoms with E-state index >= 15 is 0 Å². The second-order valence-corrected chi connectivity index (χ2v) is 4.16. The highest BCUT2D eigenvalue weighted by Gasteiger charge is 2.12. The predicted molar refractivity (Wildman–Crippen MR) is 68.0 cm³/mol. The van der Waals surface area contributed by atoms with Gasteiger partial charge in [0, 0.05) is 5.56 Å². The van der Waals surface area contributed by atoms with Gasteiger partial charge in [-0.25, -0.2) is 4.39 Å². The molecule has 94 valence electrons. The number of aliphatic hydroxyl groups excluding tert-OH is 1. The van der Waals surface area contributed by atoms with Crippen molar-refractivity contribution in [2.45, 2.75) is 13.0 Å². The van der Waals surface area contributed by atoms with Crippen LogP contribution in [0.2, 0.25) is 0 Å². The molecule has 0 aromatic heterocycles. The third-order valence-corrected chi connectivity index (χ3v) is 2.69. The molecule has 2 aromatic rings. The molecular formula is C15H15FO2. The Balaban J connectivity index is 1.98. The van der Waals surface area contributed by atoms with Crippen LogP contribution in [0.1, 0.15) is 17.2 Å². The fourth-order valence-electron chi connectivity index (χ4n) is 1.64. The molecule has 0 aliphatic carbocycles. The van der Waals surface area contributed by atoms with E-state index in [9.17, 15) is 9.50 Å². The third kappa shape index (κ3) is 3.08. The number of aliphatic hydroxyl groups is 1. The molecule has 3 heteroatoms. The van der Waals surface area contributed by atoms with E-state index in [2.05, 4.69) is 0 Å². The summed E-state index contributed by atoms with van der Waals surface area (Å²) in [6.07, 6.45) is -0.965. The summed E-state index contributed by atoms with van der Waals surface area (Å²) in [4.78, 5) is 0. The molecule has 2 aromatic carbocycles. The zero-order valence-electron chi connectivity index (χ0n) is 10.1. The lowest BCUT2D eigenvalue weighted by Crippen LogP contribution is -2.11. The van der Waals surface area contributed by atoms with E-state index < -0.39 is 11.9 Å². The maximum Gasteiger partial charge on any atom is 0.129 e. The molecule has 18 heavy (non-hydrogen) atoms. The summed E-state index contributed by atoms with van der Waals surface area (Å²) in [5, 5.41) is 9.85. The Kier molecular flexibility index (Phi) is 3.95. The number of halogens is 1. The number of ether oxygens (including phenoxy) is 1. The number of benzene rings is 2. The van der Waals surface area contributed by atoms with Crippen LogP contribution in [-0.4, -0.2) is 11.7 Å². The monoisotopic (exact) mass is 246 g/mol. The second kappa shape index (κ2) is 5.65. The summed E-state index contributed by atoms with van der Waals surface area (Å²) in [7, 11) is 0. The van der Waals surface area contributed by atoms with Crippen molar-refractivity contribution in [2.75, 3.05) is 6.61 Å². The minimum absolute atomic E-state index is 0.0317. The quantitative estimate of drug-likeness (QED) is 0.897. The van der Waals surface area contributed by atoms with Crippen LogP contribution >= 0.6 is 0 Å². The fourth-order valence-corrected chi connectivity index (χ4v) is 1.64. The summed E-state index contributed by atoms with van der Waals surface area (Å²) >= 11 is 0. The fraction of sp³-hybridized carbons (Fsp3) is 0.200. The Hall–Kier alpha value is -1.87. The van der Waals surface area contributed by atoms with Crippen LogP contribution in [0.5, 0.6) is 5.75 Å². The molecule has 1 atom stereocenters. The van der Waals surface area contributed by atoms with Crippen molar-refractivity contribution in [1.82, 2.24) is 0 Å². The largest absolute Gasteiger partial charge is 0.491 e. The molecule has 1 unspecified atom stereocenters. The highest BCUT2D eigenvalue weighted by atomic mass is 19.1. The topological polar surface area (TPSA) is 29.5 Å². The van der Waals surface area contributed by atoms with E-state index in [0.717, 1.165) is 5.56 Å². The van der Waals surface area contributed by atoms with Gasteiger partial charge in [-0.1, -0.05) is 35.9 Å². The van der Waals surface area contributed by atoms with Crippen LogP contribution in [0.15, 0.2) is 48.5 Å². The van der Waals surface area contributed by atoms with E-state index in [0.29, 0.717) is 5.75 Å². The van der Waals surface area contributed by atoms with Crippen LogP contribution in [0, 0.1) is 12.7 Å². The van der Waals surface area contributed by atoms with Crippen LogP contribution < -0.4 is 4.74 Å². The van der Waals surface area contributed by atoms with Gasteiger partial charge >= 0.3 is 0 Å². The summed E-state index contributed by atoms with van der Waals surface area (Å²) in [5.74, 6) is 0.244. The first kappa shape index (κ1) is 12.6. The van der Waals surface area contributed by atoms with Gasteiger partial charge in [0.15, 0.2) is 0 Å². The zero-order valence-corrected chi connectivity index (χ0v) is 10.1. The normalized spacial score (nSPS) is 12.2. The van der Waals surface area contributed by atoms with Crippen LogP contribution in [-0.2, 0) is 0 Å². The average Bonchev–Trinajstić information content (AvgIpc) is 2.38. The van der Waals surface area contributed by atoms with E-state index in [-0.39, 0.29) is 12.2 Å². The van der Waals surface area contributed by atoms with Crippen molar-refractivity contribution in [3.05, 3.63) is 65.5 Å². The minimum atomic E-state index is -0.965. The first-order valence-corrected chi connectivity index (χ1v) is 5.79. The Morgan fingerprint density at radius 3 is 2.44 bits per heavy atom. The van der Waals surface area contributed by atoms with Crippen molar-refractivity contribution < 1.29 is 14.2 Å². The second-order valence-electron chi connectivity index (χ2n) is 4.16. The molecule has 0 aliphatic rings. The van der Waals surface area contributed by atoms with Crippen LogP contribution in [0.25, 0.3) is 0 Å². The van der Waals surface area contributed by atoms with Gasteiger partial charge in [0.05, 0.1) is 0 Å². The van der Waals surface area contributed by atoms with Gasteiger partial charge in [0.2, 0.25) is 0 Å². The molecule has 0 amide bonds. The van der Waals surface area contributed by atoms with Crippen LogP contribution in [0.4, 0.5) is 4.39 Å². The van der Waals surface area contributed by atoms with Gasteiger partial charge in [-0.3, -0.25) is 0 Å². The minimum Gasteiger partial charge on any atom is -0.491 e. The van der Waals surface area contributed by atoms with Crippen LogP contribution in [0.3, 0.4) is 0 Å². The van der Waals surface area contributed by atoms with Crippen molar-refractivity contribution in [1.29, 1.82) is 0 Å². The van der Waals surface area contributed by atoms with Gasteiger partial charge in [0.1, 0.15) is 24.3 Å². The summed E-state index contributed by atoms with van der Waals surface area (Å²) in [6, 6.07) is 13.6. The molecule has 0 bridgehead atoms. The first-order chi connectivity index (χ1) is 8.66. The molecule has 0 spiro atoms. The average molecular weight is 246 g/mol. The molecule has 0 saturated carbocycles. The molecular weight excluding hydrogens is 231 g/mol. The zero-order chi connectivity index (χ0) is 13.0.